The Labute approximate surface area is 161 Å². The van der Waals surface area contributed by atoms with Crippen LogP contribution in [0.3, 0.4) is 0 Å². The van der Waals surface area contributed by atoms with Crippen molar-refractivity contribution >= 4 is 34.8 Å². The molecule has 3 aromatic carbocycles. The third-order valence-electron chi connectivity index (χ3n) is 3.37. The molecule has 0 atom stereocenters. The van der Waals surface area contributed by atoms with Crippen LogP contribution in [0.5, 0.6) is 17.2 Å². The quantitative estimate of drug-likeness (QED) is 0.580. The van der Waals surface area contributed by atoms with Gasteiger partial charge >= 0.3 is 0 Å². The first-order valence-corrected chi connectivity index (χ1v) is 8.56. The van der Waals surface area contributed by atoms with E-state index in [1.165, 1.54) is 0 Å². The summed E-state index contributed by atoms with van der Waals surface area (Å²) in [5.74, 6) is 1.66. The van der Waals surface area contributed by atoms with Crippen LogP contribution in [-0.2, 0) is 4.79 Å². The van der Waals surface area contributed by atoms with E-state index in [1.807, 2.05) is 0 Å². The number of carbonyl (C=O) groups excluding carboxylic acids is 1. The van der Waals surface area contributed by atoms with Crippen molar-refractivity contribution in [3.63, 3.8) is 0 Å². The van der Waals surface area contributed by atoms with Gasteiger partial charge in [0.2, 0.25) is 0 Å². The first kappa shape index (κ1) is 18.1. The topological polar surface area (TPSA) is 47.6 Å². The number of carbonyl (C=O) groups is 1. The Kier molecular flexibility index (Phi) is 6.00. The Morgan fingerprint density at radius 2 is 1.19 bits per heavy atom. The van der Waals surface area contributed by atoms with Crippen LogP contribution in [0.2, 0.25) is 10.0 Å². The third-order valence-corrected chi connectivity index (χ3v) is 3.87. The number of ether oxygens (including phenoxy) is 2. The van der Waals surface area contributed by atoms with E-state index in [0.29, 0.717) is 33.0 Å². The van der Waals surface area contributed by atoms with Gasteiger partial charge in [0.1, 0.15) is 17.2 Å². The van der Waals surface area contributed by atoms with Crippen LogP contribution in [0.1, 0.15) is 0 Å². The molecule has 3 aromatic rings. The fourth-order valence-corrected chi connectivity index (χ4v) is 2.37. The van der Waals surface area contributed by atoms with Gasteiger partial charge in [0.25, 0.3) is 5.91 Å². The minimum Gasteiger partial charge on any atom is -0.484 e. The molecule has 6 heteroatoms. The molecular weight excluding hydrogens is 373 g/mol. The average molecular weight is 388 g/mol. The standard InChI is InChI=1S/C20H15Cl2NO3/c21-14-1-7-17(8-2-14)25-13-20(24)23-16-5-11-19(12-6-16)26-18-9-3-15(22)4-10-18/h1-12H,13H2,(H,23,24). The summed E-state index contributed by atoms with van der Waals surface area (Å²) < 4.78 is 11.1. The Morgan fingerprint density at radius 3 is 1.73 bits per heavy atom. The minimum atomic E-state index is -0.258. The van der Waals surface area contributed by atoms with Crippen molar-refractivity contribution in [1.29, 1.82) is 0 Å². The van der Waals surface area contributed by atoms with Crippen LogP contribution >= 0.6 is 23.2 Å². The lowest BCUT2D eigenvalue weighted by Crippen LogP contribution is -2.20. The molecule has 4 nitrogen and oxygen atoms in total. The number of hydrogen-bond acceptors (Lipinski definition) is 3. The van der Waals surface area contributed by atoms with Crippen molar-refractivity contribution in [1.82, 2.24) is 0 Å². The molecule has 0 heterocycles. The average Bonchev–Trinajstić information content (AvgIpc) is 2.65. The zero-order valence-electron chi connectivity index (χ0n) is 13.6. The lowest BCUT2D eigenvalue weighted by atomic mass is 10.3. The summed E-state index contributed by atoms with van der Waals surface area (Å²) in [4.78, 5) is 12.0. The van der Waals surface area contributed by atoms with Crippen molar-refractivity contribution in [3.8, 4) is 17.2 Å². The lowest BCUT2D eigenvalue weighted by molar-refractivity contribution is -0.118. The summed E-state index contributed by atoms with van der Waals surface area (Å²) in [5.41, 5.74) is 0.651. The van der Waals surface area contributed by atoms with E-state index in [0.717, 1.165) is 0 Å². The van der Waals surface area contributed by atoms with Crippen molar-refractivity contribution in [3.05, 3.63) is 82.8 Å². The van der Waals surface area contributed by atoms with Crippen LogP contribution in [0.15, 0.2) is 72.8 Å². The number of anilines is 1. The molecule has 0 unspecified atom stereocenters. The molecule has 3 rings (SSSR count). The molecule has 26 heavy (non-hydrogen) atoms. The highest BCUT2D eigenvalue weighted by molar-refractivity contribution is 6.30. The van der Waals surface area contributed by atoms with E-state index in [9.17, 15) is 4.79 Å². The van der Waals surface area contributed by atoms with Crippen molar-refractivity contribution < 1.29 is 14.3 Å². The molecular formula is C20H15Cl2NO3. The van der Waals surface area contributed by atoms with Gasteiger partial charge in [0.15, 0.2) is 6.61 Å². The SMILES string of the molecule is O=C(COc1ccc(Cl)cc1)Nc1ccc(Oc2ccc(Cl)cc2)cc1. The highest BCUT2D eigenvalue weighted by atomic mass is 35.5. The number of rotatable bonds is 6. The van der Waals surface area contributed by atoms with E-state index in [4.69, 9.17) is 32.7 Å². The van der Waals surface area contributed by atoms with Crippen LogP contribution in [-0.4, -0.2) is 12.5 Å². The van der Waals surface area contributed by atoms with E-state index in [2.05, 4.69) is 5.32 Å². The number of amides is 1. The van der Waals surface area contributed by atoms with Crippen LogP contribution < -0.4 is 14.8 Å². The summed E-state index contributed by atoms with van der Waals surface area (Å²) >= 11 is 11.6. The fraction of sp³-hybridized carbons (Fsp3) is 0.0500. The second-order valence-corrected chi connectivity index (χ2v) is 6.24. The zero-order valence-corrected chi connectivity index (χ0v) is 15.1. The van der Waals surface area contributed by atoms with Crippen LogP contribution in [0, 0.1) is 0 Å². The highest BCUT2D eigenvalue weighted by Crippen LogP contribution is 2.24. The Morgan fingerprint density at radius 1 is 0.731 bits per heavy atom. The van der Waals surface area contributed by atoms with Crippen molar-refractivity contribution in [2.24, 2.45) is 0 Å². The van der Waals surface area contributed by atoms with Gasteiger partial charge in [0, 0.05) is 15.7 Å². The number of hydrogen-bond donors (Lipinski definition) is 1. The van der Waals surface area contributed by atoms with Gasteiger partial charge in [-0.2, -0.15) is 0 Å². The molecule has 0 saturated carbocycles. The molecule has 0 spiro atoms. The summed E-state index contributed by atoms with van der Waals surface area (Å²) in [5, 5.41) is 4.02. The Balaban J connectivity index is 1.50. The Hall–Kier alpha value is -2.69. The molecule has 0 radical (unpaired) electrons. The molecule has 1 N–H and O–H groups in total. The lowest BCUT2D eigenvalue weighted by Gasteiger charge is -2.09. The molecule has 0 bridgehead atoms. The molecule has 0 saturated heterocycles. The first-order chi connectivity index (χ1) is 12.6. The normalized spacial score (nSPS) is 10.2. The van der Waals surface area contributed by atoms with E-state index >= 15 is 0 Å². The predicted octanol–water partition coefficient (Wildman–Crippen LogP) is 5.80. The summed E-state index contributed by atoms with van der Waals surface area (Å²) in [6, 6.07) is 20.9. The van der Waals surface area contributed by atoms with Crippen molar-refractivity contribution in [2.75, 3.05) is 11.9 Å². The first-order valence-electron chi connectivity index (χ1n) is 7.80. The van der Waals surface area contributed by atoms with Gasteiger partial charge < -0.3 is 14.8 Å². The third kappa shape index (κ3) is 5.41. The summed E-state index contributed by atoms with van der Waals surface area (Å²) in [6.45, 7) is -0.0926. The summed E-state index contributed by atoms with van der Waals surface area (Å²) in [6.07, 6.45) is 0. The van der Waals surface area contributed by atoms with Gasteiger partial charge in [-0.1, -0.05) is 23.2 Å². The zero-order chi connectivity index (χ0) is 18.4. The smallest absolute Gasteiger partial charge is 0.262 e. The second-order valence-electron chi connectivity index (χ2n) is 5.37. The molecule has 132 valence electrons. The molecule has 1 amide bonds. The van der Waals surface area contributed by atoms with Gasteiger partial charge in [-0.25, -0.2) is 0 Å². The van der Waals surface area contributed by atoms with Crippen molar-refractivity contribution in [2.45, 2.75) is 0 Å². The van der Waals surface area contributed by atoms with E-state index < -0.39 is 0 Å². The highest BCUT2D eigenvalue weighted by Gasteiger charge is 2.05. The molecule has 0 fully saturated rings. The predicted molar refractivity (Wildman–Crippen MR) is 104 cm³/mol. The largest absolute Gasteiger partial charge is 0.484 e. The van der Waals surface area contributed by atoms with Crippen LogP contribution in [0.25, 0.3) is 0 Å². The molecule has 0 aromatic heterocycles. The summed E-state index contributed by atoms with van der Waals surface area (Å²) in [7, 11) is 0. The minimum absolute atomic E-state index is 0.0926. The van der Waals surface area contributed by atoms with Gasteiger partial charge in [0.05, 0.1) is 0 Å². The molecule has 0 aliphatic heterocycles. The number of nitrogens with one attached hydrogen (secondary N) is 1. The maximum atomic E-state index is 12.0. The maximum absolute atomic E-state index is 12.0. The number of halogens is 2. The van der Waals surface area contributed by atoms with Crippen LogP contribution in [0.4, 0.5) is 5.69 Å². The Bertz CT molecular complexity index is 863. The maximum Gasteiger partial charge on any atom is 0.262 e. The number of benzene rings is 3. The van der Waals surface area contributed by atoms with E-state index in [1.54, 1.807) is 72.8 Å². The molecule has 0 aliphatic rings. The fourth-order valence-electron chi connectivity index (χ4n) is 2.12. The van der Waals surface area contributed by atoms with Gasteiger partial charge in [-0.15, -0.1) is 0 Å². The van der Waals surface area contributed by atoms with E-state index in [-0.39, 0.29) is 12.5 Å². The second kappa shape index (κ2) is 8.61. The monoisotopic (exact) mass is 387 g/mol. The van der Waals surface area contributed by atoms with Gasteiger partial charge in [-0.3, -0.25) is 4.79 Å². The van der Waals surface area contributed by atoms with Gasteiger partial charge in [-0.05, 0) is 72.8 Å². The molecule has 0 aliphatic carbocycles.